The molecule has 1 aromatic carbocycles. The van der Waals surface area contributed by atoms with Crippen molar-refractivity contribution in [1.82, 2.24) is 0 Å². The molecule has 1 rings (SSSR count). The molecule has 0 bridgehead atoms. The second kappa shape index (κ2) is 6.01. The number of hydrogen-bond acceptors (Lipinski definition) is 4. The largest absolute Gasteiger partial charge is 0.496 e. The molecule has 1 aromatic rings. The molecule has 0 aliphatic rings. The maximum Gasteiger partial charge on any atom is 0.390 e. The summed E-state index contributed by atoms with van der Waals surface area (Å²) >= 11 is 0. The Labute approximate surface area is 109 Å². The van der Waals surface area contributed by atoms with Crippen molar-refractivity contribution in [2.75, 3.05) is 21.3 Å². The first-order chi connectivity index (χ1) is 8.82. The highest BCUT2D eigenvalue weighted by Gasteiger charge is 2.32. The summed E-state index contributed by atoms with van der Waals surface area (Å²) in [4.78, 5) is 0. The number of nitrogens with two attached hydrogens (primary N) is 1. The van der Waals surface area contributed by atoms with Crippen molar-refractivity contribution in [3.63, 3.8) is 0 Å². The smallest absolute Gasteiger partial charge is 0.390 e. The fourth-order valence-electron chi connectivity index (χ4n) is 1.70. The van der Waals surface area contributed by atoms with Crippen LogP contribution in [-0.2, 0) is 0 Å². The summed E-state index contributed by atoms with van der Waals surface area (Å²) in [5, 5.41) is 0. The average molecular weight is 279 g/mol. The van der Waals surface area contributed by atoms with Gasteiger partial charge in [0.05, 0.1) is 27.8 Å². The molecule has 0 fully saturated rings. The SMILES string of the molecule is COc1cc(OC)c([C@@H](N)CC(F)(F)F)cc1OC. The van der Waals surface area contributed by atoms with Gasteiger partial charge >= 0.3 is 6.18 Å². The molecule has 2 N–H and O–H groups in total. The highest BCUT2D eigenvalue weighted by molar-refractivity contribution is 5.51. The molecule has 0 spiro atoms. The number of ether oxygens (including phenoxy) is 3. The van der Waals surface area contributed by atoms with Crippen LogP contribution in [0.3, 0.4) is 0 Å². The normalized spacial score (nSPS) is 13.0. The monoisotopic (exact) mass is 279 g/mol. The Hall–Kier alpha value is -1.63. The maximum absolute atomic E-state index is 12.4. The molecule has 108 valence electrons. The lowest BCUT2D eigenvalue weighted by molar-refractivity contribution is -0.138. The lowest BCUT2D eigenvalue weighted by Crippen LogP contribution is -2.20. The first kappa shape index (κ1) is 15.4. The van der Waals surface area contributed by atoms with Crippen molar-refractivity contribution in [3.05, 3.63) is 17.7 Å². The number of benzene rings is 1. The molecule has 0 unspecified atom stereocenters. The Kier molecular flexibility index (Phi) is 4.88. The van der Waals surface area contributed by atoms with E-state index in [0.717, 1.165) is 0 Å². The van der Waals surface area contributed by atoms with Gasteiger partial charge in [-0.15, -0.1) is 0 Å². The van der Waals surface area contributed by atoms with E-state index in [9.17, 15) is 13.2 Å². The molecule has 0 saturated heterocycles. The molecule has 0 aliphatic carbocycles. The standard InChI is InChI=1S/C12H16F3NO3/c1-17-9-5-11(19-3)10(18-2)4-7(9)8(16)6-12(13,14)15/h4-5,8H,6,16H2,1-3H3/t8-/m0/s1. The zero-order valence-corrected chi connectivity index (χ0v) is 10.9. The van der Waals surface area contributed by atoms with E-state index in [1.165, 1.54) is 33.5 Å². The number of rotatable bonds is 5. The van der Waals surface area contributed by atoms with E-state index in [-0.39, 0.29) is 11.3 Å². The summed E-state index contributed by atoms with van der Waals surface area (Å²) in [6.45, 7) is 0. The number of halogens is 3. The third kappa shape index (κ3) is 3.92. The van der Waals surface area contributed by atoms with Gasteiger partial charge in [-0.3, -0.25) is 0 Å². The van der Waals surface area contributed by atoms with Crippen molar-refractivity contribution in [2.45, 2.75) is 18.6 Å². The molecule has 0 amide bonds. The van der Waals surface area contributed by atoms with E-state index >= 15 is 0 Å². The van der Waals surface area contributed by atoms with Gasteiger partial charge in [0.2, 0.25) is 0 Å². The minimum atomic E-state index is -4.35. The van der Waals surface area contributed by atoms with Crippen molar-refractivity contribution in [3.8, 4) is 17.2 Å². The van der Waals surface area contributed by atoms with Gasteiger partial charge < -0.3 is 19.9 Å². The zero-order valence-electron chi connectivity index (χ0n) is 10.9. The van der Waals surface area contributed by atoms with E-state index in [2.05, 4.69) is 0 Å². The number of alkyl halides is 3. The first-order valence-corrected chi connectivity index (χ1v) is 5.44. The molecule has 0 heterocycles. The molecule has 0 aromatic heterocycles. The van der Waals surface area contributed by atoms with Crippen LogP contribution in [0.5, 0.6) is 17.2 Å². The molecule has 7 heteroatoms. The van der Waals surface area contributed by atoms with Gasteiger partial charge in [0, 0.05) is 17.7 Å². The summed E-state index contributed by atoms with van der Waals surface area (Å²) in [5.74, 6) is 0.896. The molecule has 1 atom stereocenters. The average Bonchev–Trinajstić information content (AvgIpc) is 2.34. The number of methoxy groups -OCH3 is 3. The first-order valence-electron chi connectivity index (χ1n) is 5.44. The lowest BCUT2D eigenvalue weighted by Gasteiger charge is -2.19. The Balaban J connectivity index is 3.18. The molecule has 0 radical (unpaired) electrons. The summed E-state index contributed by atoms with van der Waals surface area (Å²) < 4.78 is 52.3. The van der Waals surface area contributed by atoms with Crippen LogP contribution in [0, 0.1) is 0 Å². The highest BCUT2D eigenvalue weighted by Crippen LogP contribution is 2.39. The van der Waals surface area contributed by atoms with Gasteiger partial charge in [0.15, 0.2) is 11.5 Å². The van der Waals surface area contributed by atoms with Crippen molar-refractivity contribution >= 4 is 0 Å². The van der Waals surface area contributed by atoms with Gasteiger partial charge in [-0.1, -0.05) is 0 Å². The predicted octanol–water partition coefficient (Wildman–Crippen LogP) is 2.66. The van der Waals surface area contributed by atoms with Crippen LogP contribution in [-0.4, -0.2) is 27.5 Å². The van der Waals surface area contributed by atoms with Crippen LogP contribution >= 0.6 is 0 Å². The van der Waals surface area contributed by atoms with Crippen LogP contribution < -0.4 is 19.9 Å². The lowest BCUT2D eigenvalue weighted by atomic mass is 10.0. The van der Waals surface area contributed by atoms with Crippen LogP contribution in [0.25, 0.3) is 0 Å². The van der Waals surface area contributed by atoms with E-state index < -0.39 is 18.6 Å². The molecular weight excluding hydrogens is 263 g/mol. The Bertz CT molecular complexity index is 435. The predicted molar refractivity (Wildman–Crippen MR) is 63.7 cm³/mol. The van der Waals surface area contributed by atoms with Crippen molar-refractivity contribution < 1.29 is 27.4 Å². The summed E-state index contributed by atoms with van der Waals surface area (Å²) in [7, 11) is 4.17. The minimum absolute atomic E-state index is 0.220. The van der Waals surface area contributed by atoms with Crippen molar-refractivity contribution in [2.24, 2.45) is 5.73 Å². The van der Waals surface area contributed by atoms with Gasteiger partial charge in [0.1, 0.15) is 5.75 Å². The topological polar surface area (TPSA) is 53.7 Å². The third-order valence-electron chi connectivity index (χ3n) is 2.59. The Morgan fingerprint density at radius 3 is 1.89 bits per heavy atom. The summed E-state index contributed by atoms with van der Waals surface area (Å²) in [5.41, 5.74) is 5.80. The molecule has 0 aliphatic heterocycles. The maximum atomic E-state index is 12.4. The second-order valence-corrected chi connectivity index (χ2v) is 3.87. The second-order valence-electron chi connectivity index (χ2n) is 3.87. The summed E-state index contributed by atoms with van der Waals surface area (Å²) in [6, 6.07) is 1.62. The summed E-state index contributed by atoms with van der Waals surface area (Å²) in [6.07, 6.45) is -5.49. The van der Waals surface area contributed by atoms with E-state index in [1.807, 2.05) is 0 Å². The fraction of sp³-hybridized carbons (Fsp3) is 0.500. The molecule has 0 saturated carbocycles. The van der Waals surface area contributed by atoms with Gasteiger partial charge in [-0.25, -0.2) is 0 Å². The van der Waals surface area contributed by atoms with E-state index in [1.54, 1.807) is 0 Å². The minimum Gasteiger partial charge on any atom is -0.496 e. The quantitative estimate of drug-likeness (QED) is 0.900. The van der Waals surface area contributed by atoms with E-state index in [4.69, 9.17) is 19.9 Å². The van der Waals surface area contributed by atoms with Crippen LogP contribution in [0.2, 0.25) is 0 Å². The van der Waals surface area contributed by atoms with Gasteiger partial charge in [-0.2, -0.15) is 13.2 Å². The molecule has 4 nitrogen and oxygen atoms in total. The van der Waals surface area contributed by atoms with Crippen molar-refractivity contribution in [1.29, 1.82) is 0 Å². The molecule has 19 heavy (non-hydrogen) atoms. The van der Waals surface area contributed by atoms with Gasteiger partial charge in [-0.05, 0) is 6.07 Å². The third-order valence-corrected chi connectivity index (χ3v) is 2.59. The fourth-order valence-corrected chi connectivity index (χ4v) is 1.70. The Morgan fingerprint density at radius 2 is 1.47 bits per heavy atom. The van der Waals surface area contributed by atoms with E-state index in [0.29, 0.717) is 11.5 Å². The number of hydrogen-bond donors (Lipinski definition) is 1. The zero-order chi connectivity index (χ0) is 14.6. The van der Waals surface area contributed by atoms with Crippen LogP contribution in [0.15, 0.2) is 12.1 Å². The molecular formula is C12H16F3NO3. The van der Waals surface area contributed by atoms with Crippen LogP contribution in [0.4, 0.5) is 13.2 Å². The highest BCUT2D eigenvalue weighted by atomic mass is 19.4. The van der Waals surface area contributed by atoms with Crippen LogP contribution in [0.1, 0.15) is 18.0 Å². The van der Waals surface area contributed by atoms with Gasteiger partial charge in [0.25, 0.3) is 0 Å². The Morgan fingerprint density at radius 1 is 1.00 bits per heavy atom.